The summed E-state index contributed by atoms with van der Waals surface area (Å²) >= 11 is 0. The van der Waals surface area contributed by atoms with Crippen LogP contribution in [-0.4, -0.2) is 31.0 Å². The van der Waals surface area contributed by atoms with Gasteiger partial charge >= 0.3 is 0 Å². The Hall–Kier alpha value is -2.92. The molecule has 142 valence electrons. The number of benzene rings is 2. The van der Waals surface area contributed by atoms with E-state index in [0.29, 0.717) is 6.04 Å². The zero-order valence-electron chi connectivity index (χ0n) is 16.2. The lowest BCUT2D eigenvalue weighted by atomic mass is 10.2. The Balaban J connectivity index is 1.37. The highest BCUT2D eigenvalue weighted by atomic mass is 15.2. The van der Waals surface area contributed by atoms with Crippen LogP contribution in [-0.2, 0) is 13.1 Å². The van der Waals surface area contributed by atoms with Crippen molar-refractivity contribution in [2.24, 2.45) is 0 Å². The molecule has 0 spiro atoms. The Morgan fingerprint density at radius 3 is 2.89 bits per heavy atom. The zero-order chi connectivity index (χ0) is 18.9. The van der Waals surface area contributed by atoms with E-state index in [0.717, 1.165) is 42.9 Å². The number of nitrogens with zero attached hydrogens (tertiary/aromatic N) is 4. The predicted molar refractivity (Wildman–Crippen MR) is 111 cm³/mol. The van der Waals surface area contributed by atoms with Crippen LogP contribution in [0, 0.1) is 6.92 Å². The van der Waals surface area contributed by atoms with Gasteiger partial charge in [-0.05, 0) is 49.6 Å². The molecule has 0 aliphatic carbocycles. The van der Waals surface area contributed by atoms with Gasteiger partial charge in [-0.3, -0.25) is 4.90 Å². The van der Waals surface area contributed by atoms with Gasteiger partial charge in [-0.1, -0.05) is 36.4 Å². The number of aromatic nitrogens is 4. The fourth-order valence-corrected chi connectivity index (χ4v) is 4.24. The average Bonchev–Trinajstić information content (AvgIpc) is 3.43. The van der Waals surface area contributed by atoms with Crippen LogP contribution in [0.4, 0.5) is 0 Å². The summed E-state index contributed by atoms with van der Waals surface area (Å²) in [5.41, 5.74) is 6.00. The van der Waals surface area contributed by atoms with E-state index in [9.17, 15) is 0 Å². The first-order valence-electron chi connectivity index (χ1n) is 9.99. The molecule has 0 saturated carbocycles. The molecule has 0 radical (unpaired) electrons. The number of likely N-dealkylation sites (tertiary alicyclic amines) is 1. The lowest BCUT2D eigenvalue weighted by Crippen LogP contribution is -2.25. The number of aryl methyl sites for hydroxylation is 1. The smallest absolute Gasteiger partial charge is 0.124 e. The van der Waals surface area contributed by atoms with E-state index >= 15 is 0 Å². The quantitative estimate of drug-likeness (QED) is 0.564. The van der Waals surface area contributed by atoms with Crippen LogP contribution in [0.15, 0.2) is 61.1 Å². The van der Waals surface area contributed by atoms with Gasteiger partial charge in [0.25, 0.3) is 0 Å². The van der Waals surface area contributed by atoms with Crippen molar-refractivity contribution in [1.29, 1.82) is 0 Å². The van der Waals surface area contributed by atoms with E-state index in [4.69, 9.17) is 4.98 Å². The Labute approximate surface area is 165 Å². The van der Waals surface area contributed by atoms with Gasteiger partial charge in [0.15, 0.2) is 0 Å². The second kappa shape index (κ2) is 7.24. The molecule has 3 heterocycles. The van der Waals surface area contributed by atoms with Gasteiger partial charge in [0.05, 0.1) is 29.1 Å². The molecule has 2 aromatic heterocycles. The lowest BCUT2D eigenvalue weighted by Gasteiger charge is -2.23. The number of nitrogens with one attached hydrogen (secondary N) is 1. The number of rotatable bonds is 5. The Bertz CT molecular complexity index is 1080. The summed E-state index contributed by atoms with van der Waals surface area (Å²) in [6, 6.07) is 17.3. The standard InChI is InChI=1S/C23H25N5/c1-17-9-10-20-21(12-17)26-23(25-20)22-8-5-11-27(22)15-19-13-24-16-28(19)14-18-6-3-2-4-7-18/h2-4,6-7,9-10,12-13,16,22H,5,8,11,14-15H2,1H3,(H,25,26)/t22-/m1/s1. The lowest BCUT2D eigenvalue weighted by molar-refractivity contribution is 0.235. The summed E-state index contributed by atoms with van der Waals surface area (Å²) in [6.45, 7) is 4.97. The first-order chi connectivity index (χ1) is 13.8. The minimum Gasteiger partial charge on any atom is -0.341 e. The van der Waals surface area contributed by atoms with Gasteiger partial charge in [-0.2, -0.15) is 0 Å². The summed E-state index contributed by atoms with van der Waals surface area (Å²) in [5, 5.41) is 0. The van der Waals surface area contributed by atoms with Gasteiger partial charge in [0.1, 0.15) is 5.82 Å². The van der Waals surface area contributed by atoms with Crippen molar-refractivity contribution in [2.75, 3.05) is 6.54 Å². The molecule has 0 unspecified atom stereocenters. The van der Waals surface area contributed by atoms with E-state index in [1.54, 1.807) is 0 Å². The summed E-state index contributed by atoms with van der Waals surface area (Å²) in [6.07, 6.45) is 6.29. The third-order valence-corrected chi connectivity index (χ3v) is 5.69. The van der Waals surface area contributed by atoms with Gasteiger partial charge < -0.3 is 9.55 Å². The number of H-pyrrole nitrogens is 1. The SMILES string of the molecule is Cc1ccc2nc([C@H]3CCCN3Cc3cncn3Cc3ccccc3)[nH]c2c1. The Morgan fingerprint density at radius 1 is 1.11 bits per heavy atom. The van der Waals surface area contributed by atoms with Crippen molar-refractivity contribution in [3.05, 3.63) is 83.7 Å². The molecule has 2 aromatic carbocycles. The van der Waals surface area contributed by atoms with Crippen molar-refractivity contribution < 1.29 is 0 Å². The molecular formula is C23H25N5. The molecule has 1 aliphatic rings. The van der Waals surface area contributed by atoms with Crippen molar-refractivity contribution >= 4 is 11.0 Å². The molecule has 0 amide bonds. The minimum atomic E-state index is 0.341. The highest BCUT2D eigenvalue weighted by molar-refractivity contribution is 5.75. The number of hydrogen-bond donors (Lipinski definition) is 1. The van der Waals surface area contributed by atoms with Gasteiger partial charge in [-0.25, -0.2) is 9.97 Å². The molecule has 5 nitrogen and oxygen atoms in total. The summed E-state index contributed by atoms with van der Waals surface area (Å²) < 4.78 is 2.26. The van der Waals surface area contributed by atoms with Crippen LogP contribution in [0.3, 0.4) is 0 Å². The van der Waals surface area contributed by atoms with Crippen molar-refractivity contribution in [2.45, 2.75) is 38.9 Å². The fraction of sp³-hybridized carbons (Fsp3) is 0.304. The van der Waals surface area contributed by atoms with Crippen LogP contribution in [0.2, 0.25) is 0 Å². The molecular weight excluding hydrogens is 346 g/mol. The molecule has 5 heteroatoms. The highest BCUT2D eigenvalue weighted by Crippen LogP contribution is 2.32. The molecule has 1 saturated heterocycles. The number of hydrogen-bond acceptors (Lipinski definition) is 3. The molecule has 0 bridgehead atoms. The van der Waals surface area contributed by atoms with Crippen LogP contribution >= 0.6 is 0 Å². The first-order valence-corrected chi connectivity index (χ1v) is 9.99. The Kier molecular flexibility index (Phi) is 4.45. The summed E-state index contributed by atoms with van der Waals surface area (Å²) in [7, 11) is 0. The average molecular weight is 371 g/mol. The molecule has 1 fully saturated rings. The van der Waals surface area contributed by atoms with Crippen LogP contribution in [0.1, 0.15) is 41.5 Å². The van der Waals surface area contributed by atoms with Crippen molar-refractivity contribution in [3.8, 4) is 0 Å². The molecule has 5 rings (SSSR count). The third kappa shape index (κ3) is 3.34. The number of aromatic amines is 1. The highest BCUT2D eigenvalue weighted by Gasteiger charge is 2.29. The number of fused-ring (bicyclic) bond motifs is 1. The monoisotopic (exact) mass is 371 g/mol. The maximum absolute atomic E-state index is 4.89. The van der Waals surface area contributed by atoms with Crippen molar-refractivity contribution in [3.63, 3.8) is 0 Å². The second-order valence-corrected chi connectivity index (χ2v) is 7.77. The molecule has 1 atom stereocenters. The van der Waals surface area contributed by atoms with E-state index < -0.39 is 0 Å². The predicted octanol–water partition coefficient (Wildman–Crippen LogP) is 4.45. The van der Waals surface area contributed by atoms with Gasteiger partial charge in [0, 0.05) is 19.3 Å². The maximum atomic E-state index is 4.89. The molecule has 1 N–H and O–H groups in total. The molecule has 1 aliphatic heterocycles. The van der Waals surface area contributed by atoms with Gasteiger partial charge in [-0.15, -0.1) is 0 Å². The van der Waals surface area contributed by atoms with Crippen LogP contribution < -0.4 is 0 Å². The topological polar surface area (TPSA) is 49.7 Å². The van der Waals surface area contributed by atoms with E-state index in [1.807, 2.05) is 12.5 Å². The van der Waals surface area contributed by atoms with Crippen molar-refractivity contribution in [1.82, 2.24) is 24.4 Å². The third-order valence-electron chi connectivity index (χ3n) is 5.69. The van der Waals surface area contributed by atoms with Gasteiger partial charge in [0.2, 0.25) is 0 Å². The van der Waals surface area contributed by atoms with E-state index in [-0.39, 0.29) is 0 Å². The minimum absolute atomic E-state index is 0.341. The summed E-state index contributed by atoms with van der Waals surface area (Å²) in [4.78, 5) is 15.4. The summed E-state index contributed by atoms with van der Waals surface area (Å²) in [5.74, 6) is 1.09. The Morgan fingerprint density at radius 2 is 2.00 bits per heavy atom. The zero-order valence-corrected chi connectivity index (χ0v) is 16.2. The van der Waals surface area contributed by atoms with E-state index in [2.05, 4.69) is 74.9 Å². The number of imidazole rings is 2. The van der Waals surface area contributed by atoms with Crippen LogP contribution in [0.25, 0.3) is 11.0 Å². The normalized spacial score (nSPS) is 17.5. The molecule has 28 heavy (non-hydrogen) atoms. The van der Waals surface area contributed by atoms with E-state index in [1.165, 1.54) is 23.2 Å². The largest absolute Gasteiger partial charge is 0.341 e. The molecule has 4 aromatic rings. The first kappa shape index (κ1) is 17.2. The second-order valence-electron chi connectivity index (χ2n) is 7.77. The maximum Gasteiger partial charge on any atom is 0.124 e. The fourth-order valence-electron chi connectivity index (χ4n) is 4.24. The van der Waals surface area contributed by atoms with Crippen LogP contribution in [0.5, 0.6) is 0 Å².